The van der Waals surface area contributed by atoms with Crippen LogP contribution in [-0.2, 0) is 26.2 Å². The zero-order chi connectivity index (χ0) is 26.7. The third kappa shape index (κ3) is 8.86. The number of ether oxygens (including phenoxy) is 1. The Bertz CT molecular complexity index is 1090. The van der Waals surface area contributed by atoms with E-state index in [9.17, 15) is 18.0 Å². The maximum Gasteiger partial charge on any atom is 0.242 e. The minimum absolute atomic E-state index is 0.108. The summed E-state index contributed by atoms with van der Waals surface area (Å²) in [6.07, 6.45) is 2.03. The molecule has 0 aliphatic rings. The highest BCUT2D eigenvalue weighted by molar-refractivity contribution is 7.92. The summed E-state index contributed by atoms with van der Waals surface area (Å²) in [4.78, 5) is 28.0. The van der Waals surface area contributed by atoms with Crippen LogP contribution in [0.15, 0.2) is 54.6 Å². The first-order valence-corrected chi connectivity index (χ1v) is 14.1. The number of hydrogen-bond acceptors (Lipinski definition) is 5. The van der Waals surface area contributed by atoms with Gasteiger partial charge in [-0.05, 0) is 36.5 Å². The maximum atomic E-state index is 13.4. The van der Waals surface area contributed by atoms with E-state index < -0.39 is 16.1 Å². The molecule has 0 fully saturated rings. The van der Waals surface area contributed by atoms with Crippen molar-refractivity contribution >= 4 is 27.5 Å². The van der Waals surface area contributed by atoms with Crippen LogP contribution in [0, 0.1) is 5.92 Å². The number of amides is 2. The number of carbonyl (C=O) groups excluding carboxylic acids is 2. The molecule has 0 aliphatic carbocycles. The lowest BCUT2D eigenvalue weighted by atomic mass is 10.1. The fraction of sp³-hybridized carbons (Fsp3) is 0.481. The number of anilines is 1. The van der Waals surface area contributed by atoms with Gasteiger partial charge in [0.1, 0.15) is 11.8 Å². The van der Waals surface area contributed by atoms with Gasteiger partial charge in [-0.15, -0.1) is 0 Å². The first kappa shape index (κ1) is 29.2. The highest BCUT2D eigenvalue weighted by atomic mass is 32.2. The van der Waals surface area contributed by atoms with E-state index in [1.54, 1.807) is 29.2 Å². The second-order valence-corrected chi connectivity index (χ2v) is 11.1. The van der Waals surface area contributed by atoms with E-state index >= 15 is 0 Å². The quantitative estimate of drug-likeness (QED) is 0.411. The average Bonchev–Trinajstić information content (AvgIpc) is 2.84. The van der Waals surface area contributed by atoms with E-state index in [-0.39, 0.29) is 24.8 Å². The Morgan fingerprint density at radius 1 is 1.06 bits per heavy atom. The molecular formula is C27H39N3O5S. The van der Waals surface area contributed by atoms with E-state index in [1.165, 1.54) is 11.4 Å². The van der Waals surface area contributed by atoms with Crippen molar-refractivity contribution in [3.05, 3.63) is 60.2 Å². The van der Waals surface area contributed by atoms with Gasteiger partial charge in [0.05, 0.1) is 19.1 Å². The third-order valence-electron chi connectivity index (χ3n) is 5.76. The van der Waals surface area contributed by atoms with Gasteiger partial charge in [-0.2, -0.15) is 0 Å². The van der Waals surface area contributed by atoms with Gasteiger partial charge in [-0.3, -0.25) is 13.9 Å². The minimum atomic E-state index is -3.57. The molecule has 36 heavy (non-hydrogen) atoms. The molecule has 2 amide bonds. The summed E-state index contributed by atoms with van der Waals surface area (Å²) in [5.74, 6) is 0.474. The van der Waals surface area contributed by atoms with Crippen molar-refractivity contribution in [1.82, 2.24) is 10.2 Å². The smallest absolute Gasteiger partial charge is 0.242 e. The van der Waals surface area contributed by atoms with Gasteiger partial charge < -0.3 is 15.0 Å². The molecule has 0 aliphatic heterocycles. The number of benzene rings is 2. The van der Waals surface area contributed by atoms with Crippen molar-refractivity contribution in [2.45, 2.75) is 52.6 Å². The Balaban J connectivity index is 2.19. The van der Waals surface area contributed by atoms with Crippen LogP contribution in [0.1, 0.15) is 45.6 Å². The minimum Gasteiger partial charge on any atom is -0.497 e. The number of sulfonamides is 1. The topological polar surface area (TPSA) is 96.0 Å². The Hall–Kier alpha value is -3.07. The van der Waals surface area contributed by atoms with Crippen LogP contribution < -0.4 is 14.4 Å². The van der Waals surface area contributed by atoms with E-state index in [2.05, 4.69) is 5.32 Å². The predicted molar refractivity (Wildman–Crippen MR) is 143 cm³/mol. The van der Waals surface area contributed by atoms with Crippen molar-refractivity contribution in [3.63, 3.8) is 0 Å². The number of carbonyl (C=O) groups is 2. The van der Waals surface area contributed by atoms with E-state index in [1.807, 2.05) is 51.1 Å². The molecule has 0 saturated heterocycles. The number of methoxy groups -OCH3 is 1. The predicted octanol–water partition coefficient (Wildman–Crippen LogP) is 3.82. The maximum absolute atomic E-state index is 13.4. The van der Waals surface area contributed by atoms with Crippen LogP contribution in [0.2, 0.25) is 0 Å². The molecule has 0 heterocycles. The highest BCUT2D eigenvalue weighted by Gasteiger charge is 2.29. The summed E-state index contributed by atoms with van der Waals surface area (Å²) in [5.41, 5.74) is 1.40. The van der Waals surface area contributed by atoms with Crippen molar-refractivity contribution in [1.29, 1.82) is 0 Å². The second-order valence-electron chi connectivity index (χ2n) is 9.21. The normalized spacial score (nSPS) is 12.2. The van der Waals surface area contributed by atoms with Crippen molar-refractivity contribution < 1.29 is 22.7 Å². The molecular weight excluding hydrogens is 478 g/mol. The van der Waals surface area contributed by atoms with Crippen LogP contribution in [0.3, 0.4) is 0 Å². The molecule has 2 rings (SSSR count). The standard InChI is InChI=1S/C27H39N3O5S/c1-6-25(27(32)28-19-21(2)3)29(20-22-12-8-7-9-13-22)26(31)16-11-17-30(36(5,33)34)23-14-10-15-24(18-23)35-4/h7-10,12-15,18,21,25H,6,11,16-17,19-20H2,1-5H3,(H,28,32). The van der Waals surface area contributed by atoms with Crippen molar-refractivity contribution in [2.75, 3.05) is 30.8 Å². The van der Waals surface area contributed by atoms with Gasteiger partial charge >= 0.3 is 0 Å². The van der Waals surface area contributed by atoms with Gasteiger partial charge in [0.15, 0.2) is 0 Å². The molecule has 9 heteroatoms. The van der Waals surface area contributed by atoms with E-state index in [0.29, 0.717) is 43.3 Å². The number of rotatable bonds is 14. The Morgan fingerprint density at radius 2 is 1.75 bits per heavy atom. The van der Waals surface area contributed by atoms with Gasteiger partial charge in [-0.1, -0.05) is 57.2 Å². The molecule has 0 bridgehead atoms. The molecule has 1 N–H and O–H groups in total. The van der Waals surface area contributed by atoms with Crippen LogP contribution in [0.5, 0.6) is 5.75 Å². The zero-order valence-corrected chi connectivity index (χ0v) is 22.8. The summed E-state index contributed by atoms with van der Waals surface area (Å²) >= 11 is 0. The first-order chi connectivity index (χ1) is 17.1. The molecule has 0 saturated carbocycles. The fourth-order valence-electron chi connectivity index (χ4n) is 3.89. The molecule has 1 atom stereocenters. The van der Waals surface area contributed by atoms with Gasteiger partial charge in [-0.25, -0.2) is 8.42 Å². The SMILES string of the molecule is CCC(C(=O)NCC(C)C)N(Cc1ccccc1)C(=O)CCCN(c1cccc(OC)c1)S(C)(=O)=O. The molecule has 198 valence electrons. The van der Waals surface area contributed by atoms with Crippen LogP contribution in [0.4, 0.5) is 5.69 Å². The highest BCUT2D eigenvalue weighted by Crippen LogP contribution is 2.24. The summed E-state index contributed by atoms with van der Waals surface area (Å²) < 4.78 is 31.5. The lowest BCUT2D eigenvalue weighted by molar-refractivity contribution is -0.141. The lowest BCUT2D eigenvalue weighted by Crippen LogP contribution is -2.49. The van der Waals surface area contributed by atoms with E-state index in [4.69, 9.17) is 4.74 Å². The first-order valence-electron chi connectivity index (χ1n) is 12.3. The summed E-state index contributed by atoms with van der Waals surface area (Å²) in [7, 11) is -2.05. The summed E-state index contributed by atoms with van der Waals surface area (Å²) in [6, 6.07) is 15.7. The van der Waals surface area contributed by atoms with Crippen molar-refractivity contribution in [3.8, 4) is 5.75 Å². The number of hydrogen-bond donors (Lipinski definition) is 1. The second kappa shape index (κ2) is 13.9. The molecule has 1 unspecified atom stereocenters. The summed E-state index contributed by atoms with van der Waals surface area (Å²) in [5, 5.41) is 2.95. The molecule has 2 aromatic rings. The van der Waals surface area contributed by atoms with Gasteiger partial charge in [0, 0.05) is 32.1 Å². The molecule has 0 aromatic heterocycles. The van der Waals surface area contributed by atoms with Crippen molar-refractivity contribution in [2.24, 2.45) is 5.92 Å². The number of nitrogens with one attached hydrogen (secondary N) is 1. The molecule has 8 nitrogen and oxygen atoms in total. The summed E-state index contributed by atoms with van der Waals surface area (Å²) in [6.45, 7) is 6.89. The van der Waals surface area contributed by atoms with E-state index in [0.717, 1.165) is 11.8 Å². The third-order valence-corrected chi connectivity index (χ3v) is 6.95. The average molecular weight is 518 g/mol. The largest absolute Gasteiger partial charge is 0.497 e. The number of nitrogens with zero attached hydrogens (tertiary/aromatic N) is 2. The van der Waals surface area contributed by atoms with Gasteiger partial charge in [0.25, 0.3) is 0 Å². The zero-order valence-electron chi connectivity index (χ0n) is 21.9. The Morgan fingerprint density at radius 3 is 2.33 bits per heavy atom. The fourth-order valence-corrected chi connectivity index (χ4v) is 4.85. The Kier molecular flexibility index (Phi) is 11.2. The van der Waals surface area contributed by atoms with Crippen LogP contribution in [-0.4, -0.2) is 57.6 Å². The molecule has 0 spiro atoms. The molecule has 0 radical (unpaired) electrons. The monoisotopic (exact) mass is 517 g/mol. The van der Waals surface area contributed by atoms with Gasteiger partial charge in [0.2, 0.25) is 21.8 Å². The van der Waals surface area contributed by atoms with Crippen LogP contribution >= 0.6 is 0 Å². The Labute approximate surface area is 215 Å². The lowest BCUT2D eigenvalue weighted by Gasteiger charge is -2.31. The molecule has 2 aromatic carbocycles. The van der Waals surface area contributed by atoms with Crippen LogP contribution in [0.25, 0.3) is 0 Å².